The lowest BCUT2D eigenvalue weighted by molar-refractivity contribution is -0.117. The van der Waals surface area contributed by atoms with Gasteiger partial charge in [-0.05, 0) is 25.7 Å². The van der Waals surface area contributed by atoms with Crippen molar-refractivity contribution >= 4 is 11.6 Å². The van der Waals surface area contributed by atoms with Crippen LogP contribution in [0.15, 0.2) is 18.6 Å². The molecule has 0 N–H and O–H groups in total. The van der Waals surface area contributed by atoms with Crippen molar-refractivity contribution in [2.24, 2.45) is 0 Å². The van der Waals surface area contributed by atoms with Gasteiger partial charge in [-0.25, -0.2) is 4.98 Å². The summed E-state index contributed by atoms with van der Waals surface area (Å²) in [5.74, 6) is 1.48. The summed E-state index contributed by atoms with van der Waals surface area (Å²) < 4.78 is 4.48. The zero-order valence-corrected chi connectivity index (χ0v) is 15.2. The molecule has 3 aliphatic heterocycles. The Hall–Kier alpha value is -2.15. The van der Waals surface area contributed by atoms with E-state index < -0.39 is 0 Å². The SMILES string of the molecule is O=C1CCCN1c1cnn(C2CCN(Cc3cnc4n3CCCC4)C2)c1. The Morgan fingerprint density at radius 3 is 2.92 bits per heavy atom. The number of anilines is 1. The van der Waals surface area contributed by atoms with Crippen molar-refractivity contribution in [3.8, 4) is 0 Å². The smallest absolute Gasteiger partial charge is 0.227 e. The van der Waals surface area contributed by atoms with Gasteiger partial charge in [0.05, 0.1) is 23.6 Å². The zero-order valence-electron chi connectivity index (χ0n) is 15.2. The van der Waals surface area contributed by atoms with Crippen LogP contribution in [-0.4, -0.2) is 49.8 Å². The number of aryl methyl sites for hydroxylation is 1. The number of imidazole rings is 1. The van der Waals surface area contributed by atoms with Gasteiger partial charge >= 0.3 is 0 Å². The fourth-order valence-electron chi connectivity index (χ4n) is 4.59. The number of fused-ring (bicyclic) bond motifs is 1. The van der Waals surface area contributed by atoms with E-state index in [4.69, 9.17) is 0 Å². The van der Waals surface area contributed by atoms with Crippen LogP contribution in [0.5, 0.6) is 0 Å². The van der Waals surface area contributed by atoms with E-state index in [1.807, 2.05) is 11.1 Å². The molecule has 1 unspecified atom stereocenters. The fourth-order valence-corrected chi connectivity index (χ4v) is 4.59. The maximum absolute atomic E-state index is 11.9. The standard InChI is InChI=1S/C19H26N6O/c26-19-5-3-8-24(19)17-11-21-25(14-17)15-6-9-22(12-15)13-16-10-20-18-4-1-2-7-23(16)18/h10-11,14-15H,1-9,12-13H2. The summed E-state index contributed by atoms with van der Waals surface area (Å²) >= 11 is 0. The van der Waals surface area contributed by atoms with Gasteiger partial charge in [-0.15, -0.1) is 0 Å². The number of hydrogen-bond donors (Lipinski definition) is 0. The molecule has 3 aliphatic rings. The number of likely N-dealkylation sites (tertiary alicyclic amines) is 1. The van der Waals surface area contributed by atoms with Crippen LogP contribution in [0, 0.1) is 0 Å². The highest BCUT2D eigenvalue weighted by molar-refractivity contribution is 5.95. The lowest BCUT2D eigenvalue weighted by Gasteiger charge is -2.20. The Morgan fingerprint density at radius 2 is 2.04 bits per heavy atom. The summed E-state index contributed by atoms with van der Waals surface area (Å²) in [7, 11) is 0. The van der Waals surface area contributed by atoms with E-state index in [1.165, 1.54) is 24.4 Å². The van der Waals surface area contributed by atoms with Crippen molar-refractivity contribution in [2.45, 2.75) is 57.7 Å². The molecule has 1 atom stereocenters. The molecular weight excluding hydrogens is 328 g/mol. The first kappa shape index (κ1) is 16.1. The summed E-state index contributed by atoms with van der Waals surface area (Å²) in [5.41, 5.74) is 2.31. The van der Waals surface area contributed by atoms with Gasteiger partial charge in [-0.1, -0.05) is 0 Å². The lowest BCUT2D eigenvalue weighted by atomic mass is 10.1. The van der Waals surface area contributed by atoms with Crippen LogP contribution in [0.1, 0.15) is 49.7 Å². The number of carbonyl (C=O) groups is 1. The normalized spacial score (nSPS) is 23.8. The van der Waals surface area contributed by atoms with Crippen LogP contribution in [0.2, 0.25) is 0 Å². The summed E-state index contributed by atoms with van der Waals surface area (Å²) in [4.78, 5) is 20.9. The van der Waals surface area contributed by atoms with Gasteiger partial charge in [0.2, 0.25) is 5.91 Å². The molecule has 2 aromatic heterocycles. The molecule has 0 spiro atoms. The molecule has 0 aliphatic carbocycles. The third-order valence-corrected chi connectivity index (χ3v) is 6.03. The first-order valence-corrected chi connectivity index (χ1v) is 9.88. The Bertz CT molecular complexity index is 809. The van der Waals surface area contributed by atoms with E-state index in [2.05, 4.69) is 36.6 Å². The Kier molecular flexibility index (Phi) is 4.04. The van der Waals surface area contributed by atoms with Crippen LogP contribution < -0.4 is 4.90 Å². The second kappa shape index (κ2) is 6.54. The predicted molar refractivity (Wildman–Crippen MR) is 97.9 cm³/mol. The molecule has 138 valence electrons. The van der Waals surface area contributed by atoms with Gasteiger partial charge in [0.1, 0.15) is 5.82 Å². The van der Waals surface area contributed by atoms with Crippen LogP contribution in [0.3, 0.4) is 0 Å². The highest BCUT2D eigenvalue weighted by atomic mass is 16.2. The number of hydrogen-bond acceptors (Lipinski definition) is 4. The number of nitrogens with zero attached hydrogens (tertiary/aromatic N) is 6. The van der Waals surface area contributed by atoms with Crippen LogP contribution in [-0.2, 0) is 24.3 Å². The number of rotatable bonds is 4. The largest absolute Gasteiger partial charge is 0.331 e. The van der Waals surface area contributed by atoms with Crippen molar-refractivity contribution in [1.82, 2.24) is 24.2 Å². The maximum atomic E-state index is 11.9. The molecule has 0 saturated carbocycles. The van der Waals surface area contributed by atoms with Crippen molar-refractivity contribution < 1.29 is 4.79 Å². The van der Waals surface area contributed by atoms with Gasteiger partial charge in [-0.2, -0.15) is 5.10 Å². The molecular formula is C19H26N6O. The van der Waals surface area contributed by atoms with E-state index >= 15 is 0 Å². The van der Waals surface area contributed by atoms with Crippen LogP contribution in [0.4, 0.5) is 5.69 Å². The quantitative estimate of drug-likeness (QED) is 0.842. The minimum atomic E-state index is 0.225. The molecule has 7 nitrogen and oxygen atoms in total. The van der Waals surface area contributed by atoms with Crippen molar-refractivity contribution in [3.05, 3.63) is 30.1 Å². The average molecular weight is 354 g/mol. The lowest BCUT2D eigenvalue weighted by Crippen LogP contribution is -2.24. The number of aromatic nitrogens is 4. The molecule has 2 fully saturated rings. The summed E-state index contributed by atoms with van der Waals surface area (Å²) in [6.45, 7) is 5.02. The molecule has 0 radical (unpaired) electrons. The minimum Gasteiger partial charge on any atom is -0.331 e. The fraction of sp³-hybridized carbons (Fsp3) is 0.632. The average Bonchev–Trinajstić information content (AvgIpc) is 3.42. The monoisotopic (exact) mass is 354 g/mol. The van der Waals surface area contributed by atoms with E-state index in [1.54, 1.807) is 0 Å². The first-order chi connectivity index (χ1) is 12.8. The topological polar surface area (TPSA) is 59.2 Å². The van der Waals surface area contributed by atoms with E-state index in [0.717, 1.165) is 57.7 Å². The van der Waals surface area contributed by atoms with Gasteiger partial charge in [-0.3, -0.25) is 14.4 Å². The van der Waals surface area contributed by atoms with Gasteiger partial charge in [0.15, 0.2) is 0 Å². The highest BCUT2D eigenvalue weighted by Crippen LogP contribution is 2.27. The van der Waals surface area contributed by atoms with Crippen molar-refractivity contribution in [1.29, 1.82) is 0 Å². The Morgan fingerprint density at radius 1 is 1.08 bits per heavy atom. The molecule has 7 heteroatoms. The first-order valence-electron chi connectivity index (χ1n) is 9.88. The highest BCUT2D eigenvalue weighted by Gasteiger charge is 2.28. The summed E-state index contributed by atoms with van der Waals surface area (Å²) in [6.07, 6.45) is 12.4. The van der Waals surface area contributed by atoms with E-state index in [9.17, 15) is 4.79 Å². The predicted octanol–water partition coefficient (Wildman–Crippen LogP) is 1.99. The van der Waals surface area contributed by atoms with Gasteiger partial charge in [0.25, 0.3) is 0 Å². The maximum Gasteiger partial charge on any atom is 0.227 e. The molecule has 5 rings (SSSR count). The number of carbonyl (C=O) groups excluding carboxylic acids is 1. The molecule has 0 bridgehead atoms. The van der Waals surface area contributed by atoms with Gasteiger partial charge < -0.3 is 9.47 Å². The van der Waals surface area contributed by atoms with Crippen LogP contribution in [0.25, 0.3) is 0 Å². The summed E-state index contributed by atoms with van der Waals surface area (Å²) in [6, 6.07) is 0.394. The zero-order chi connectivity index (χ0) is 17.5. The molecule has 1 amide bonds. The third kappa shape index (κ3) is 2.84. The van der Waals surface area contributed by atoms with E-state index in [-0.39, 0.29) is 5.91 Å². The molecule has 5 heterocycles. The second-order valence-corrected chi connectivity index (χ2v) is 7.78. The molecule has 26 heavy (non-hydrogen) atoms. The Balaban J connectivity index is 1.24. The minimum absolute atomic E-state index is 0.225. The van der Waals surface area contributed by atoms with Crippen molar-refractivity contribution in [2.75, 3.05) is 24.5 Å². The molecule has 0 aromatic carbocycles. The number of amides is 1. The van der Waals surface area contributed by atoms with Gasteiger partial charge in [0, 0.05) is 58.0 Å². The van der Waals surface area contributed by atoms with Crippen LogP contribution >= 0.6 is 0 Å². The second-order valence-electron chi connectivity index (χ2n) is 7.78. The molecule has 2 saturated heterocycles. The van der Waals surface area contributed by atoms with E-state index in [0.29, 0.717) is 12.5 Å². The summed E-state index contributed by atoms with van der Waals surface area (Å²) in [5, 5.41) is 4.56. The third-order valence-electron chi connectivity index (χ3n) is 6.03. The Labute approximate surface area is 153 Å². The van der Waals surface area contributed by atoms with Crippen molar-refractivity contribution in [3.63, 3.8) is 0 Å². The molecule has 2 aromatic rings.